The zero-order valence-electron chi connectivity index (χ0n) is 26.5. The van der Waals surface area contributed by atoms with Gasteiger partial charge < -0.3 is 23.3 Å². The van der Waals surface area contributed by atoms with E-state index in [2.05, 4.69) is 98.6 Å². The summed E-state index contributed by atoms with van der Waals surface area (Å²) in [4.78, 5) is 16.3. The van der Waals surface area contributed by atoms with Gasteiger partial charge in [0.1, 0.15) is 11.3 Å². The molecule has 0 unspecified atom stereocenters. The van der Waals surface area contributed by atoms with Crippen molar-refractivity contribution in [1.82, 2.24) is 4.98 Å². The van der Waals surface area contributed by atoms with Crippen LogP contribution in [0.2, 0.25) is 5.04 Å². The second-order valence-electron chi connectivity index (χ2n) is 12.2. The van der Waals surface area contributed by atoms with Crippen LogP contribution in [0.25, 0.3) is 33.3 Å². The molecule has 0 bridgehead atoms. The SMILES string of the molecule is CCOC(=O)c1cc(OC)c2c(CCO[Si](c3ccccc3)(c3ccccc3)C(C)(C)C)c(-c3cc4ccccc4[nH]3)oc2c1. The first-order valence-electron chi connectivity index (χ1n) is 15.4. The van der Waals surface area contributed by atoms with Crippen LogP contribution in [0.15, 0.2) is 108 Å². The zero-order valence-corrected chi connectivity index (χ0v) is 27.5. The highest BCUT2D eigenvalue weighted by Crippen LogP contribution is 2.42. The van der Waals surface area contributed by atoms with Gasteiger partial charge in [-0.3, -0.25) is 0 Å². The van der Waals surface area contributed by atoms with Gasteiger partial charge in [0.15, 0.2) is 5.76 Å². The van der Waals surface area contributed by atoms with Crippen LogP contribution in [0.3, 0.4) is 0 Å². The minimum Gasteiger partial charge on any atom is -0.496 e. The number of nitrogens with one attached hydrogen (secondary N) is 1. The van der Waals surface area contributed by atoms with Gasteiger partial charge in [-0.1, -0.05) is 99.6 Å². The lowest BCUT2D eigenvalue weighted by Crippen LogP contribution is -2.66. The van der Waals surface area contributed by atoms with Gasteiger partial charge in [-0.25, -0.2) is 4.79 Å². The Labute approximate surface area is 265 Å². The molecule has 0 amide bonds. The molecule has 0 saturated carbocycles. The van der Waals surface area contributed by atoms with Gasteiger partial charge in [-0.15, -0.1) is 0 Å². The molecule has 0 aliphatic carbocycles. The van der Waals surface area contributed by atoms with Crippen molar-refractivity contribution in [3.8, 4) is 17.2 Å². The highest BCUT2D eigenvalue weighted by molar-refractivity contribution is 6.99. The summed E-state index contributed by atoms with van der Waals surface area (Å²) in [6.45, 7) is 9.37. The number of aromatic nitrogens is 1. The van der Waals surface area contributed by atoms with E-state index in [0.717, 1.165) is 27.5 Å². The Morgan fingerprint density at radius 1 is 0.867 bits per heavy atom. The van der Waals surface area contributed by atoms with E-state index in [9.17, 15) is 4.79 Å². The summed E-state index contributed by atoms with van der Waals surface area (Å²) in [5.74, 6) is 0.839. The highest BCUT2D eigenvalue weighted by atomic mass is 28.4. The van der Waals surface area contributed by atoms with E-state index in [1.807, 2.05) is 18.2 Å². The van der Waals surface area contributed by atoms with E-state index in [4.69, 9.17) is 18.3 Å². The summed E-state index contributed by atoms with van der Waals surface area (Å²) in [5, 5.41) is 4.22. The standard InChI is InChI=1S/C38H39NO5Si/c1-6-42-37(40)27-24-33(41-5)35-30(36(44-34(35)25-27)32-23-26-15-13-14-20-31(26)39-32)21-22-43-45(38(2,3)4,28-16-9-7-10-17-28)29-18-11-8-12-19-29/h7-20,23-25,39H,6,21-22H2,1-5H3. The predicted molar refractivity (Wildman–Crippen MR) is 183 cm³/mol. The third-order valence-corrected chi connectivity index (χ3v) is 13.5. The molecule has 45 heavy (non-hydrogen) atoms. The molecule has 230 valence electrons. The summed E-state index contributed by atoms with van der Waals surface area (Å²) in [6.07, 6.45) is 0.567. The van der Waals surface area contributed by atoms with Gasteiger partial charge in [0.2, 0.25) is 0 Å². The number of hydrogen-bond acceptors (Lipinski definition) is 5. The number of carbonyl (C=O) groups is 1. The Morgan fingerprint density at radius 2 is 1.51 bits per heavy atom. The zero-order chi connectivity index (χ0) is 31.6. The lowest BCUT2D eigenvalue weighted by molar-refractivity contribution is 0.0526. The van der Waals surface area contributed by atoms with E-state index in [1.54, 1.807) is 26.2 Å². The second-order valence-corrected chi connectivity index (χ2v) is 16.5. The van der Waals surface area contributed by atoms with Crippen LogP contribution >= 0.6 is 0 Å². The van der Waals surface area contributed by atoms with Crippen molar-refractivity contribution in [3.63, 3.8) is 0 Å². The summed E-state index contributed by atoms with van der Waals surface area (Å²) in [7, 11) is -1.15. The Balaban J connectivity index is 1.48. The molecule has 7 heteroatoms. The van der Waals surface area contributed by atoms with Gasteiger partial charge in [0, 0.05) is 23.1 Å². The third kappa shape index (κ3) is 5.58. The maximum Gasteiger partial charge on any atom is 0.338 e. The molecule has 6 aromatic rings. The number of esters is 1. The fourth-order valence-corrected chi connectivity index (χ4v) is 11.0. The van der Waals surface area contributed by atoms with Crippen LogP contribution in [0.4, 0.5) is 0 Å². The summed E-state index contributed by atoms with van der Waals surface area (Å²) in [5.41, 5.74) is 3.77. The van der Waals surface area contributed by atoms with Crippen molar-refractivity contribution in [2.45, 2.75) is 39.2 Å². The Hall–Kier alpha value is -4.59. The van der Waals surface area contributed by atoms with Crippen LogP contribution in [0, 0.1) is 0 Å². The first-order valence-corrected chi connectivity index (χ1v) is 17.3. The van der Waals surface area contributed by atoms with Gasteiger partial charge >= 0.3 is 5.97 Å². The molecule has 0 radical (unpaired) electrons. The molecule has 2 aromatic heterocycles. The Kier molecular flexibility index (Phi) is 8.40. The number of furan rings is 1. The number of fused-ring (bicyclic) bond motifs is 2. The Morgan fingerprint density at radius 3 is 2.11 bits per heavy atom. The number of rotatable bonds is 10. The van der Waals surface area contributed by atoms with E-state index in [1.165, 1.54) is 10.4 Å². The lowest BCUT2D eigenvalue weighted by atomic mass is 10.0. The van der Waals surface area contributed by atoms with Crippen LogP contribution in [0.1, 0.15) is 43.6 Å². The largest absolute Gasteiger partial charge is 0.496 e. The maximum atomic E-state index is 12.7. The first-order chi connectivity index (χ1) is 21.8. The molecule has 6 rings (SSSR count). The topological polar surface area (TPSA) is 73.7 Å². The minimum absolute atomic E-state index is 0.152. The molecule has 0 aliphatic heterocycles. The van der Waals surface area contributed by atoms with E-state index in [-0.39, 0.29) is 11.6 Å². The molecule has 2 heterocycles. The van der Waals surface area contributed by atoms with E-state index >= 15 is 0 Å². The number of H-pyrrole nitrogens is 1. The molecule has 0 aliphatic rings. The van der Waals surface area contributed by atoms with Crippen LogP contribution < -0.4 is 15.1 Å². The summed E-state index contributed by atoms with van der Waals surface area (Å²) >= 11 is 0. The molecule has 0 saturated heterocycles. The van der Waals surface area contributed by atoms with Crippen molar-refractivity contribution in [3.05, 3.63) is 114 Å². The minimum atomic E-state index is -2.76. The first kappa shape index (κ1) is 30.4. The summed E-state index contributed by atoms with van der Waals surface area (Å²) in [6, 6.07) is 35.0. The molecular formula is C38H39NO5Si. The molecule has 4 aromatic carbocycles. The molecular weight excluding hydrogens is 579 g/mol. The van der Waals surface area contributed by atoms with Crippen molar-refractivity contribution < 1.29 is 23.1 Å². The number of carbonyl (C=O) groups excluding carboxylic acids is 1. The molecule has 6 nitrogen and oxygen atoms in total. The third-order valence-electron chi connectivity index (χ3n) is 8.45. The Bertz CT molecular complexity index is 1860. The van der Waals surface area contributed by atoms with Crippen LogP contribution in [-0.4, -0.2) is 39.6 Å². The number of benzene rings is 4. The van der Waals surface area contributed by atoms with Crippen molar-refractivity contribution in [1.29, 1.82) is 0 Å². The quantitative estimate of drug-likeness (QED) is 0.125. The van der Waals surface area contributed by atoms with Gasteiger partial charge in [0.05, 0.1) is 30.4 Å². The number of hydrogen-bond donors (Lipinski definition) is 1. The number of methoxy groups -OCH3 is 1. The molecule has 1 N–H and O–H groups in total. The fraction of sp³-hybridized carbons (Fsp3) is 0.237. The highest BCUT2D eigenvalue weighted by Gasteiger charge is 2.50. The van der Waals surface area contributed by atoms with Crippen LogP contribution in [0.5, 0.6) is 5.75 Å². The lowest BCUT2D eigenvalue weighted by Gasteiger charge is -2.43. The monoisotopic (exact) mass is 617 g/mol. The maximum absolute atomic E-state index is 12.7. The number of para-hydroxylation sites is 1. The van der Waals surface area contributed by atoms with E-state index in [0.29, 0.717) is 35.7 Å². The predicted octanol–water partition coefficient (Wildman–Crippen LogP) is 7.89. The van der Waals surface area contributed by atoms with Crippen molar-refractivity contribution in [2.75, 3.05) is 20.3 Å². The van der Waals surface area contributed by atoms with E-state index < -0.39 is 14.3 Å². The number of aromatic amines is 1. The average Bonchev–Trinajstić information content (AvgIpc) is 3.64. The van der Waals surface area contributed by atoms with Gasteiger partial charge in [-0.05, 0) is 53.0 Å². The normalized spacial score (nSPS) is 12.1. The van der Waals surface area contributed by atoms with Crippen molar-refractivity contribution >= 4 is 46.5 Å². The van der Waals surface area contributed by atoms with Gasteiger partial charge in [0.25, 0.3) is 8.32 Å². The molecule has 0 fully saturated rings. The van der Waals surface area contributed by atoms with Crippen molar-refractivity contribution in [2.24, 2.45) is 0 Å². The second kappa shape index (κ2) is 12.4. The fourth-order valence-electron chi connectivity index (χ4n) is 6.47. The molecule has 0 spiro atoms. The van der Waals surface area contributed by atoms with Gasteiger partial charge in [-0.2, -0.15) is 0 Å². The average molecular weight is 618 g/mol. The smallest absolute Gasteiger partial charge is 0.338 e. The summed E-state index contributed by atoms with van der Waals surface area (Å²) < 4.78 is 25.0. The molecule has 0 atom stereocenters. The number of ether oxygens (including phenoxy) is 2. The van der Waals surface area contributed by atoms with Crippen LogP contribution in [-0.2, 0) is 15.6 Å².